The Kier molecular flexibility index (Phi) is 3.81. The van der Waals surface area contributed by atoms with Gasteiger partial charge in [0.15, 0.2) is 0 Å². The van der Waals surface area contributed by atoms with Crippen LogP contribution in [-0.4, -0.2) is 48.7 Å². The van der Waals surface area contributed by atoms with Gasteiger partial charge in [0.05, 0.1) is 17.1 Å². The third-order valence-electron chi connectivity index (χ3n) is 2.91. The lowest BCUT2D eigenvalue weighted by Crippen LogP contribution is -2.39. The lowest BCUT2D eigenvalue weighted by molar-refractivity contribution is -0.103. The molecule has 1 heterocycles. The van der Waals surface area contributed by atoms with E-state index in [9.17, 15) is 19.7 Å². The molecule has 6 nitrogen and oxygen atoms in total. The van der Waals surface area contributed by atoms with E-state index in [0.717, 1.165) is 0 Å². The van der Waals surface area contributed by atoms with Gasteiger partial charge in [-0.2, -0.15) is 0 Å². The first-order valence-corrected chi connectivity index (χ1v) is 5.77. The van der Waals surface area contributed by atoms with E-state index in [4.69, 9.17) is 5.11 Å². The van der Waals surface area contributed by atoms with Crippen molar-refractivity contribution in [2.45, 2.75) is 31.3 Å². The van der Waals surface area contributed by atoms with Crippen molar-refractivity contribution in [3.63, 3.8) is 0 Å². The molecule has 1 aromatic heterocycles. The Bertz CT molecular complexity index is 572. The van der Waals surface area contributed by atoms with Crippen LogP contribution < -0.4 is 0 Å². The van der Waals surface area contributed by atoms with Crippen molar-refractivity contribution in [1.82, 2.24) is 9.97 Å². The second kappa shape index (κ2) is 5.22. The number of aromatic amines is 1. The SMILES string of the molecule is CC(O)C(O)C(O)[C@H](O)c1nc2ccc(F)cc2[nH]1. The van der Waals surface area contributed by atoms with E-state index in [0.29, 0.717) is 11.0 Å². The number of rotatable bonds is 4. The number of nitrogens with one attached hydrogen (secondary N) is 1. The van der Waals surface area contributed by atoms with E-state index in [-0.39, 0.29) is 5.82 Å². The number of imidazole rings is 1. The topological polar surface area (TPSA) is 110 Å². The van der Waals surface area contributed by atoms with E-state index >= 15 is 0 Å². The third kappa shape index (κ3) is 2.74. The molecular weight excluding hydrogens is 255 g/mol. The number of benzene rings is 1. The van der Waals surface area contributed by atoms with Crippen LogP contribution in [0, 0.1) is 5.82 Å². The summed E-state index contributed by atoms with van der Waals surface area (Å²) in [5, 5.41) is 38.2. The fourth-order valence-electron chi connectivity index (χ4n) is 1.78. The molecule has 0 radical (unpaired) electrons. The highest BCUT2D eigenvalue weighted by Gasteiger charge is 2.31. The Morgan fingerprint density at radius 3 is 2.47 bits per heavy atom. The summed E-state index contributed by atoms with van der Waals surface area (Å²) in [6.07, 6.45) is -5.84. The van der Waals surface area contributed by atoms with Crippen LogP contribution in [-0.2, 0) is 0 Å². The highest BCUT2D eigenvalue weighted by molar-refractivity contribution is 5.75. The number of aliphatic hydroxyl groups is 4. The standard InChI is InChI=1S/C12H15FN2O4/c1-5(16)9(17)10(18)11(19)12-14-7-3-2-6(13)4-8(7)15-12/h2-5,9-11,16-19H,1H3,(H,14,15)/t5?,9?,10?,11-/m0/s1. The number of fused-ring (bicyclic) bond motifs is 1. The molecule has 19 heavy (non-hydrogen) atoms. The molecule has 0 aliphatic rings. The molecule has 0 saturated carbocycles. The first kappa shape index (κ1) is 13.9. The molecule has 3 unspecified atom stereocenters. The fraction of sp³-hybridized carbons (Fsp3) is 0.417. The van der Waals surface area contributed by atoms with Crippen LogP contribution in [0.5, 0.6) is 0 Å². The van der Waals surface area contributed by atoms with Gasteiger partial charge in [0.25, 0.3) is 0 Å². The third-order valence-corrected chi connectivity index (χ3v) is 2.91. The lowest BCUT2D eigenvalue weighted by atomic mass is 10.0. The van der Waals surface area contributed by atoms with Crippen molar-refractivity contribution in [3.05, 3.63) is 29.8 Å². The Hall–Kier alpha value is -1.54. The van der Waals surface area contributed by atoms with Gasteiger partial charge in [-0.3, -0.25) is 0 Å². The number of aliphatic hydroxyl groups excluding tert-OH is 4. The Morgan fingerprint density at radius 2 is 1.84 bits per heavy atom. The average molecular weight is 270 g/mol. The monoisotopic (exact) mass is 270 g/mol. The molecule has 0 spiro atoms. The number of halogens is 1. The molecule has 0 aliphatic heterocycles. The zero-order valence-corrected chi connectivity index (χ0v) is 10.2. The summed E-state index contributed by atoms with van der Waals surface area (Å²) in [5.41, 5.74) is 0.793. The first-order valence-electron chi connectivity index (χ1n) is 5.77. The van der Waals surface area contributed by atoms with Crippen LogP contribution in [0.15, 0.2) is 18.2 Å². The van der Waals surface area contributed by atoms with Gasteiger partial charge in [-0.25, -0.2) is 9.37 Å². The fourth-order valence-corrected chi connectivity index (χ4v) is 1.78. The van der Waals surface area contributed by atoms with E-state index < -0.39 is 30.2 Å². The quantitative estimate of drug-likeness (QED) is 0.530. The molecule has 5 N–H and O–H groups in total. The summed E-state index contributed by atoms with van der Waals surface area (Å²) in [6, 6.07) is 3.85. The summed E-state index contributed by atoms with van der Waals surface area (Å²) < 4.78 is 13.0. The number of hydrogen-bond acceptors (Lipinski definition) is 5. The van der Waals surface area contributed by atoms with Gasteiger partial charge in [-0.1, -0.05) is 0 Å². The summed E-state index contributed by atoms with van der Waals surface area (Å²) >= 11 is 0. The minimum Gasteiger partial charge on any atom is -0.391 e. The molecule has 0 amide bonds. The second-order valence-electron chi connectivity index (χ2n) is 4.45. The van der Waals surface area contributed by atoms with Crippen molar-refractivity contribution in [2.24, 2.45) is 0 Å². The van der Waals surface area contributed by atoms with Crippen LogP contribution in [0.1, 0.15) is 18.9 Å². The van der Waals surface area contributed by atoms with Gasteiger partial charge in [-0.15, -0.1) is 0 Å². The number of nitrogens with zero attached hydrogens (tertiary/aromatic N) is 1. The van der Waals surface area contributed by atoms with Crippen LogP contribution in [0.2, 0.25) is 0 Å². The van der Waals surface area contributed by atoms with Crippen molar-refractivity contribution in [2.75, 3.05) is 0 Å². The molecule has 0 aliphatic carbocycles. The first-order chi connectivity index (χ1) is 8.90. The Labute approximate surface area is 108 Å². The maximum atomic E-state index is 13.0. The number of H-pyrrole nitrogens is 1. The van der Waals surface area contributed by atoms with E-state index in [1.165, 1.54) is 25.1 Å². The highest BCUT2D eigenvalue weighted by Crippen LogP contribution is 2.21. The van der Waals surface area contributed by atoms with E-state index in [1.807, 2.05) is 0 Å². The van der Waals surface area contributed by atoms with Crippen LogP contribution >= 0.6 is 0 Å². The zero-order chi connectivity index (χ0) is 14.2. The van der Waals surface area contributed by atoms with E-state index in [2.05, 4.69) is 9.97 Å². The molecule has 2 rings (SSSR count). The van der Waals surface area contributed by atoms with Crippen molar-refractivity contribution >= 4 is 11.0 Å². The number of aromatic nitrogens is 2. The van der Waals surface area contributed by atoms with Gasteiger partial charge < -0.3 is 25.4 Å². The van der Waals surface area contributed by atoms with Crippen molar-refractivity contribution < 1.29 is 24.8 Å². The van der Waals surface area contributed by atoms with E-state index in [1.54, 1.807) is 0 Å². The van der Waals surface area contributed by atoms with Crippen LogP contribution in [0.4, 0.5) is 4.39 Å². The van der Waals surface area contributed by atoms with Gasteiger partial charge in [0.1, 0.15) is 30.0 Å². The Morgan fingerprint density at radius 1 is 1.16 bits per heavy atom. The Balaban J connectivity index is 2.28. The maximum Gasteiger partial charge on any atom is 0.140 e. The van der Waals surface area contributed by atoms with Gasteiger partial charge in [0.2, 0.25) is 0 Å². The van der Waals surface area contributed by atoms with Gasteiger partial charge in [-0.05, 0) is 25.1 Å². The molecule has 0 fully saturated rings. The molecule has 0 bridgehead atoms. The minimum atomic E-state index is -1.61. The predicted octanol–water partition coefficient (Wildman–Crippen LogP) is -0.162. The predicted molar refractivity (Wildman–Crippen MR) is 64.7 cm³/mol. The number of hydrogen-bond donors (Lipinski definition) is 5. The smallest absolute Gasteiger partial charge is 0.140 e. The highest BCUT2D eigenvalue weighted by atomic mass is 19.1. The summed E-state index contributed by atoms with van der Waals surface area (Å²) in [6.45, 7) is 1.29. The largest absolute Gasteiger partial charge is 0.391 e. The maximum absolute atomic E-state index is 13.0. The van der Waals surface area contributed by atoms with Crippen molar-refractivity contribution in [1.29, 1.82) is 0 Å². The molecule has 2 aromatic rings. The van der Waals surface area contributed by atoms with Gasteiger partial charge >= 0.3 is 0 Å². The van der Waals surface area contributed by atoms with Crippen LogP contribution in [0.3, 0.4) is 0 Å². The minimum absolute atomic E-state index is 0.00667. The molecule has 0 saturated heterocycles. The summed E-state index contributed by atoms with van der Waals surface area (Å²) in [5.74, 6) is -0.463. The second-order valence-corrected chi connectivity index (χ2v) is 4.45. The summed E-state index contributed by atoms with van der Waals surface area (Å²) in [4.78, 5) is 6.65. The lowest BCUT2D eigenvalue weighted by Gasteiger charge is -2.23. The molecule has 104 valence electrons. The normalized spacial score (nSPS) is 18.2. The molecular formula is C12H15FN2O4. The molecule has 1 aromatic carbocycles. The van der Waals surface area contributed by atoms with Crippen LogP contribution in [0.25, 0.3) is 11.0 Å². The van der Waals surface area contributed by atoms with Crippen molar-refractivity contribution in [3.8, 4) is 0 Å². The molecule has 7 heteroatoms. The average Bonchev–Trinajstić information content (AvgIpc) is 2.78. The zero-order valence-electron chi connectivity index (χ0n) is 10.2. The summed E-state index contributed by atoms with van der Waals surface area (Å²) in [7, 11) is 0. The van der Waals surface area contributed by atoms with Gasteiger partial charge in [0, 0.05) is 0 Å². The molecule has 4 atom stereocenters.